The topological polar surface area (TPSA) is 192 Å². The fourth-order valence-electron chi connectivity index (χ4n) is 7.20. The van der Waals surface area contributed by atoms with Crippen LogP contribution in [0.2, 0.25) is 0 Å². The molecule has 16 heteroatoms. The normalized spacial score (nSPS) is 18.9. The van der Waals surface area contributed by atoms with E-state index >= 15 is 0 Å². The molecule has 296 valence electrons. The molecular weight excluding hydrogens is 758 g/mol. The van der Waals surface area contributed by atoms with Crippen molar-refractivity contribution < 1.29 is 149 Å². The van der Waals surface area contributed by atoms with Gasteiger partial charge in [-0.15, -0.1) is 12.4 Å². The van der Waals surface area contributed by atoms with E-state index in [4.69, 9.17) is 25.7 Å². The molecule has 3 fully saturated rings. The van der Waals surface area contributed by atoms with E-state index in [-0.39, 0.29) is 143 Å². The second-order valence-electron chi connectivity index (χ2n) is 13.4. The zero-order valence-electron chi connectivity index (χ0n) is 33.8. The molecule has 13 nitrogen and oxygen atoms in total. The van der Waals surface area contributed by atoms with E-state index in [1.54, 1.807) is 6.92 Å². The molecule has 0 spiro atoms. The van der Waals surface area contributed by atoms with E-state index in [0.717, 1.165) is 44.9 Å². The summed E-state index contributed by atoms with van der Waals surface area (Å²) in [4.78, 5) is 58.2. The number of hydrogen-bond donors (Lipinski definition) is 2. The van der Waals surface area contributed by atoms with Crippen molar-refractivity contribution >= 4 is 42.4 Å². The first-order valence-corrected chi connectivity index (χ1v) is 19.0. The van der Waals surface area contributed by atoms with Crippen molar-refractivity contribution in [3.05, 3.63) is 17.0 Å². The number of halogens is 1. The van der Waals surface area contributed by atoms with Crippen LogP contribution in [0.15, 0.2) is 0 Å². The van der Waals surface area contributed by atoms with Gasteiger partial charge in [0.1, 0.15) is 5.78 Å². The zero-order valence-corrected chi connectivity index (χ0v) is 39.9. The first-order chi connectivity index (χ1) is 24.3. The van der Waals surface area contributed by atoms with Gasteiger partial charge >= 0.3 is 115 Å². The van der Waals surface area contributed by atoms with Crippen molar-refractivity contribution in [2.24, 2.45) is 11.8 Å². The molecule has 0 aromatic carbocycles. The number of aromatic nitrogens is 2. The minimum atomic E-state index is -0.860. The number of hydrazine groups is 1. The van der Waals surface area contributed by atoms with Gasteiger partial charge in [0.25, 0.3) is 6.47 Å². The summed E-state index contributed by atoms with van der Waals surface area (Å²) in [6.45, 7) is 3.92. The van der Waals surface area contributed by atoms with Gasteiger partial charge in [0.15, 0.2) is 5.69 Å². The van der Waals surface area contributed by atoms with Crippen LogP contribution in [0.1, 0.15) is 173 Å². The Balaban J connectivity index is -0.000000348. The van der Waals surface area contributed by atoms with E-state index in [0.29, 0.717) is 37.2 Å². The van der Waals surface area contributed by atoms with Crippen LogP contribution in [-0.2, 0) is 46.4 Å². The molecule has 4 aliphatic rings. The molecule has 1 unspecified atom stereocenters. The van der Waals surface area contributed by atoms with Crippen LogP contribution in [-0.4, -0.2) is 59.0 Å². The van der Waals surface area contributed by atoms with Gasteiger partial charge in [0.2, 0.25) is 5.78 Å². The molecule has 0 amide bonds. The van der Waals surface area contributed by atoms with Gasteiger partial charge in [0.05, 0.1) is 25.2 Å². The summed E-state index contributed by atoms with van der Waals surface area (Å²) in [5, 5.41) is 13.2. The molecule has 0 aliphatic heterocycles. The molecule has 1 aromatic heterocycles. The molecule has 1 aromatic rings. The number of ether oxygens (including phenoxy) is 2. The smallest absolute Gasteiger partial charge is 1.00 e. The number of nitrogens with one attached hydrogen (secondary N) is 1. The van der Waals surface area contributed by atoms with Crippen molar-refractivity contribution in [3.8, 4) is 0 Å². The monoisotopic (exact) mass is 822 g/mol. The van der Waals surface area contributed by atoms with Crippen LogP contribution >= 0.6 is 12.4 Å². The molecule has 1 atom stereocenters. The Labute approximate surface area is 410 Å². The average Bonchev–Trinajstić information content (AvgIpc) is 3.48. The Hall–Kier alpha value is 0.403. The first kappa shape index (κ1) is 55.5. The SMILES string of the molecule is CCOC(=O)C(=O)C1CCCCCCC1=O.CCOC(=O)c1nn(C2CCCCC2)c2c1CCCCCC2.Cl.NNC1CCCCC1.O=CO[O-].[H-].[HH].[K+].[K+]. The van der Waals surface area contributed by atoms with E-state index in [1.165, 1.54) is 94.7 Å². The quantitative estimate of drug-likeness (QED) is 0.0518. The number of carbonyl (C=O) groups is 5. The third-order valence-electron chi connectivity index (χ3n) is 9.83. The van der Waals surface area contributed by atoms with Gasteiger partial charge in [-0.2, -0.15) is 5.10 Å². The predicted molar refractivity (Wildman–Crippen MR) is 196 cm³/mol. The summed E-state index contributed by atoms with van der Waals surface area (Å²) in [5.41, 5.74) is 5.92. The van der Waals surface area contributed by atoms with Crippen LogP contribution in [0.3, 0.4) is 0 Å². The molecule has 0 saturated heterocycles. The molecule has 1 heterocycles. The van der Waals surface area contributed by atoms with Gasteiger partial charge in [0, 0.05) is 25.1 Å². The number of rotatable bonds is 8. The Bertz CT molecular complexity index is 1190. The van der Waals surface area contributed by atoms with E-state index in [2.05, 4.69) is 19.7 Å². The van der Waals surface area contributed by atoms with Crippen molar-refractivity contribution in [1.29, 1.82) is 0 Å². The predicted octanol–water partition coefficient (Wildman–Crippen LogP) is -0.112. The number of fused-ring (bicyclic) bond motifs is 1. The Morgan fingerprint density at radius 3 is 1.85 bits per heavy atom. The minimum absolute atomic E-state index is 0. The minimum Gasteiger partial charge on any atom is -1.00 e. The third kappa shape index (κ3) is 21.1. The van der Waals surface area contributed by atoms with Gasteiger partial charge in [-0.05, 0) is 78.1 Å². The Kier molecular flexibility index (Phi) is 36.1. The number of ketones is 2. The second-order valence-corrected chi connectivity index (χ2v) is 13.4. The van der Waals surface area contributed by atoms with Gasteiger partial charge < -0.3 is 21.0 Å². The number of esters is 2. The zero-order chi connectivity index (χ0) is 36.6. The van der Waals surface area contributed by atoms with Crippen molar-refractivity contribution in [2.75, 3.05) is 13.2 Å². The van der Waals surface area contributed by atoms with E-state index in [1.807, 2.05) is 6.92 Å². The number of nitrogens with two attached hydrogens (primary N) is 1. The number of nitrogens with zero attached hydrogens (tertiary/aromatic N) is 2. The molecule has 0 bridgehead atoms. The molecule has 53 heavy (non-hydrogen) atoms. The Morgan fingerprint density at radius 2 is 1.32 bits per heavy atom. The van der Waals surface area contributed by atoms with Crippen LogP contribution in [0, 0.1) is 5.92 Å². The summed E-state index contributed by atoms with van der Waals surface area (Å²) >= 11 is 0. The van der Waals surface area contributed by atoms with Gasteiger partial charge in [-0.25, -0.2) is 9.59 Å². The number of carbonyl (C=O) groups excluding carboxylic acids is 5. The van der Waals surface area contributed by atoms with Crippen molar-refractivity contribution in [1.82, 2.24) is 15.2 Å². The summed E-state index contributed by atoms with van der Waals surface area (Å²) in [6.07, 6.45) is 24.6. The molecular formula is C37H65ClK2N4O9. The van der Waals surface area contributed by atoms with E-state index < -0.39 is 17.7 Å². The first-order valence-electron chi connectivity index (χ1n) is 19.0. The van der Waals surface area contributed by atoms with Crippen LogP contribution < -0.4 is 119 Å². The largest absolute Gasteiger partial charge is 1.00 e. The van der Waals surface area contributed by atoms with E-state index in [9.17, 15) is 19.2 Å². The summed E-state index contributed by atoms with van der Waals surface area (Å²) in [6, 6.07) is 1.11. The van der Waals surface area contributed by atoms with Gasteiger partial charge in [-0.3, -0.25) is 30.3 Å². The second kappa shape index (κ2) is 34.4. The Morgan fingerprint density at radius 1 is 0.830 bits per heavy atom. The molecule has 4 aliphatic carbocycles. The van der Waals surface area contributed by atoms with Crippen molar-refractivity contribution in [3.63, 3.8) is 0 Å². The summed E-state index contributed by atoms with van der Waals surface area (Å²) in [5.74, 6) is 2.66. The number of Topliss-reactive ketones (excluding diaryl/α,β-unsaturated/α-hetero) is 2. The van der Waals surface area contributed by atoms with Crippen LogP contribution in [0.25, 0.3) is 0 Å². The standard InChI is InChI=1S/C18H28N2O2.C12H18O4.C6H14N2.CH2O3.ClH.2K.H2.H/c1-2-22-18(21)17-15-12-8-3-4-9-13-16(15)20(19-17)14-10-6-5-7-11-14;1-2-16-12(15)11(14)9-7-5-3-4-6-8-10(9)13;7-8-6-4-2-1-3-5-6;2-1-4-3;;;;;/h14H,2-13H2,1H3;9H,2-8H2,1H3;6,8H,1-5,7H2;1,3H;1H;;;1H;/q;;;;;2*+1;;-1/p-1. The van der Waals surface area contributed by atoms with Crippen LogP contribution in [0.4, 0.5) is 0 Å². The average molecular weight is 824 g/mol. The summed E-state index contributed by atoms with van der Waals surface area (Å²) < 4.78 is 12.1. The molecule has 5 rings (SSSR count). The molecule has 3 saturated carbocycles. The van der Waals surface area contributed by atoms with Gasteiger partial charge in [-0.1, -0.05) is 70.6 Å². The third-order valence-corrected chi connectivity index (χ3v) is 9.83. The maximum atomic E-state index is 12.3. The molecule has 3 N–H and O–H groups in total. The fraction of sp³-hybridized carbons (Fsp3) is 0.784. The summed E-state index contributed by atoms with van der Waals surface area (Å²) in [7, 11) is 0. The maximum Gasteiger partial charge on any atom is 1.00 e. The maximum absolute atomic E-state index is 12.3. The van der Waals surface area contributed by atoms with Crippen molar-refractivity contribution in [2.45, 2.75) is 167 Å². The van der Waals surface area contributed by atoms with Crippen LogP contribution in [0.5, 0.6) is 0 Å². The fourth-order valence-corrected chi connectivity index (χ4v) is 7.20. The molecule has 0 radical (unpaired) electrons. The number of hydrogen-bond acceptors (Lipinski definition) is 12.